The zero-order valence-corrected chi connectivity index (χ0v) is 31.2. The van der Waals surface area contributed by atoms with E-state index in [1.54, 1.807) is 0 Å². The summed E-state index contributed by atoms with van der Waals surface area (Å²) < 4.78 is 19.3. The maximum atomic E-state index is 6.70. The third-order valence-electron chi connectivity index (χ3n) is 10.9. The standard InChI is InChI=1S/C52H33N3O3/c1-53-51(41-22-12-26-47-48(41)40-21-10-19-36(49(40)58-47)35-27-28-46-43(30-35)38-18-6-7-24-44(38)56-46)55-52(42-23-11-20-39-37-17-5-8-25-45(37)57-50(39)42)54-31-32-13-9-16-34(29-32)33-14-3-2-4-15-33/h2-30H,1,31H2. The van der Waals surface area contributed by atoms with Crippen LogP contribution in [0, 0.1) is 0 Å². The molecule has 0 bridgehead atoms. The van der Waals surface area contributed by atoms with Crippen molar-refractivity contribution in [2.45, 2.75) is 6.54 Å². The van der Waals surface area contributed by atoms with Crippen molar-refractivity contribution in [3.8, 4) is 22.3 Å². The highest BCUT2D eigenvalue weighted by atomic mass is 16.3. The van der Waals surface area contributed by atoms with Gasteiger partial charge in [0.1, 0.15) is 33.5 Å². The highest BCUT2D eigenvalue weighted by Crippen LogP contribution is 2.40. The minimum absolute atomic E-state index is 0.388. The van der Waals surface area contributed by atoms with Crippen molar-refractivity contribution in [3.05, 3.63) is 193 Å². The Kier molecular flexibility index (Phi) is 7.93. The van der Waals surface area contributed by atoms with Crippen molar-refractivity contribution < 1.29 is 13.3 Å². The number of aliphatic imine (C=N–C) groups is 3. The molecule has 0 amide bonds. The minimum Gasteiger partial charge on any atom is -0.456 e. The molecule has 6 heteroatoms. The zero-order valence-electron chi connectivity index (χ0n) is 31.2. The maximum Gasteiger partial charge on any atom is 0.161 e. The molecular formula is C52H33N3O3. The Morgan fingerprint density at radius 3 is 1.93 bits per heavy atom. The van der Waals surface area contributed by atoms with Crippen molar-refractivity contribution in [3.63, 3.8) is 0 Å². The normalized spacial score (nSPS) is 12.5. The summed E-state index contributed by atoms with van der Waals surface area (Å²) in [6.45, 7) is 4.42. The van der Waals surface area contributed by atoms with E-state index in [9.17, 15) is 0 Å². The highest BCUT2D eigenvalue weighted by Gasteiger charge is 2.20. The summed E-state index contributed by atoms with van der Waals surface area (Å²) in [5, 5.41) is 6.02. The number of amidine groups is 2. The summed E-state index contributed by atoms with van der Waals surface area (Å²) >= 11 is 0. The molecule has 0 radical (unpaired) electrons. The van der Waals surface area contributed by atoms with Gasteiger partial charge in [0.05, 0.1) is 12.1 Å². The summed E-state index contributed by atoms with van der Waals surface area (Å²) in [6, 6.07) is 59.6. The third kappa shape index (κ3) is 5.61. The predicted octanol–water partition coefficient (Wildman–Crippen LogP) is 13.8. The summed E-state index contributed by atoms with van der Waals surface area (Å²) in [6.07, 6.45) is 0. The number of para-hydroxylation sites is 4. The number of benzene rings is 8. The second kappa shape index (κ2) is 13.7. The van der Waals surface area contributed by atoms with Gasteiger partial charge in [0, 0.05) is 43.4 Å². The molecular weight excluding hydrogens is 715 g/mol. The monoisotopic (exact) mass is 747 g/mol. The summed E-state index contributed by atoms with van der Waals surface area (Å²) in [5.74, 6) is 0.915. The molecule has 0 saturated heterocycles. The van der Waals surface area contributed by atoms with Crippen LogP contribution in [0.1, 0.15) is 16.7 Å². The molecule has 0 fully saturated rings. The quantitative estimate of drug-likeness (QED) is 0.125. The van der Waals surface area contributed by atoms with E-state index < -0.39 is 0 Å². The van der Waals surface area contributed by atoms with E-state index in [1.807, 2.05) is 78.9 Å². The van der Waals surface area contributed by atoms with Crippen molar-refractivity contribution in [2.75, 3.05) is 0 Å². The van der Waals surface area contributed by atoms with Crippen molar-refractivity contribution >= 4 is 84.2 Å². The van der Waals surface area contributed by atoms with E-state index in [0.717, 1.165) is 99.2 Å². The Morgan fingerprint density at radius 2 is 1.07 bits per heavy atom. The molecule has 0 aliphatic rings. The van der Waals surface area contributed by atoms with Crippen LogP contribution in [0.15, 0.2) is 204 Å². The summed E-state index contributed by atoms with van der Waals surface area (Å²) in [4.78, 5) is 15.0. The third-order valence-corrected chi connectivity index (χ3v) is 10.9. The fourth-order valence-corrected chi connectivity index (χ4v) is 8.19. The molecule has 0 atom stereocenters. The summed E-state index contributed by atoms with van der Waals surface area (Å²) in [5.41, 5.74) is 11.6. The van der Waals surface area contributed by atoms with Gasteiger partial charge in [-0.1, -0.05) is 133 Å². The van der Waals surface area contributed by atoms with Crippen LogP contribution in [0.25, 0.3) is 88.1 Å². The Bertz CT molecular complexity index is 3460. The molecule has 0 aliphatic heterocycles. The second-order valence-corrected chi connectivity index (χ2v) is 14.4. The van der Waals surface area contributed by atoms with E-state index >= 15 is 0 Å². The number of hydrogen-bond donors (Lipinski definition) is 0. The first-order valence-corrected chi connectivity index (χ1v) is 19.2. The minimum atomic E-state index is 0.388. The van der Waals surface area contributed by atoms with Crippen LogP contribution >= 0.6 is 0 Å². The molecule has 0 aliphatic carbocycles. The largest absolute Gasteiger partial charge is 0.456 e. The Hall–Kier alpha value is -7.83. The van der Waals surface area contributed by atoms with Crippen LogP contribution in [0.5, 0.6) is 0 Å². The maximum absolute atomic E-state index is 6.70. The van der Waals surface area contributed by atoms with Gasteiger partial charge in [0.2, 0.25) is 0 Å². The molecule has 0 spiro atoms. The lowest BCUT2D eigenvalue weighted by Crippen LogP contribution is -2.06. The van der Waals surface area contributed by atoms with Crippen molar-refractivity contribution in [2.24, 2.45) is 15.0 Å². The average molecular weight is 748 g/mol. The number of furan rings is 3. The van der Waals surface area contributed by atoms with Crippen LogP contribution < -0.4 is 0 Å². The molecule has 3 heterocycles. The van der Waals surface area contributed by atoms with Gasteiger partial charge in [0.15, 0.2) is 11.7 Å². The van der Waals surface area contributed by atoms with E-state index in [2.05, 4.69) is 109 Å². The molecule has 6 nitrogen and oxygen atoms in total. The van der Waals surface area contributed by atoms with Crippen LogP contribution in [-0.2, 0) is 6.54 Å². The fourth-order valence-electron chi connectivity index (χ4n) is 8.19. The van der Waals surface area contributed by atoms with E-state index in [0.29, 0.717) is 23.8 Å². The molecule has 0 saturated carbocycles. The average Bonchev–Trinajstić information content (AvgIpc) is 3.98. The lowest BCUT2D eigenvalue weighted by atomic mass is 9.99. The molecule has 11 aromatic rings. The molecule has 0 N–H and O–H groups in total. The van der Waals surface area contributed by atoms with Gasteiger partial charge in [-0.15, -0.1) is 0 Å². The first-order chi connectivity index (χ1) is 28.7. The first-order valence-electron chi connectivity index (χ1n) is 19.2. The van der Waals surface area contributed by atoms with Crippen LogP contribution in [0.2, 0.25) is 0 Å². The van der Waals surface area contributed by atoms with Gasteiger partial charge in [-0.25, -0.2) is 9.98 Å². The number of fused-ring (bicyclic) bond motifs is 9. The van der Waals surface area contributed by atoms with Gasteiger partial charge >= 0.3 is 0 Å². The van der Waals surface area contributed by atoms with Crippen LogP contribution in [0.3, 0.4) is 0 Å². The van der Waals surface area contributed by atoms with Crippen molar-refractivity contribution in [1.29, 1.82) is 0 Å². The molecule has 274 valence electrons. The Morgan fingerprint density at radius 1 is 0.431 bits per heavy atom. The molecule has 3 aromatic heterocycles. The summed E-state index contributed by atoms with van der Waals surface area (Å²) in [7, 11) is 0. The number of hydrogen-bond acceptors (Lipinski definition) is 4. The van der Waals surface area contributed by atoms with E-state index in [1.165, 1.54) is 0 Å². The second-order valence-electron chi connectivity index (χ2n) is 14.4. The molecule has 58 heavy (non-hydrogen) atoms. The lowest BCUT2D eigenvalue weighted by Gasteiger charge is -2.08. The SMILES string of the molecule is C=NC(=NC(=NCc1cccc(-c2ccccc2)c1)c1cccc2c1oc1ccccc12)c1cccc2oc3c(-c4ccc5oc6ccccc6c5c4)cccc3c12. The molecule has 0 unspecified atom stereocenters. The van der Waals surface area contributed by atoms with Gasteiger partial charge in [-0.3, -0.25) is 4.99 Å². The van der Waals surface area contributed by atoms with E-state index in [4.69, 9.17) is 23.2 Å². The van der Waals surface area contributed by atoms with Crippen LogP contribution in [-0.4, -0.2) is 18.4 Å². The number of nitrogens with zero attached hydrogens (tertiary/aromatic N) is 3. The first kappa shape index (κ1) is 33.5. The van der Waals surface area contributed by atoms with Gasteiger partial charge in [-0.05, 0) is 71.4 Å². The van der Waals surface area contributed by atoms with Crippen molar-refractivity contribution in [1.82, 2.24) is 0 Å². The molecule has 11 rings (SSSR count). The number of rotatable bonds is 6. The van der Waals surface area contributed by atoms with Gasteiger partial charge in [-0.2, -0.15) is 0 Å². The van der Waals surface area contributed by atoms with Gasteiger partial charge < -0.3 is 13.3 Å². The topological polar surface area (TPSA) is 76.5 Å². The van der Waals surface area contributed by atoms with Gasteiger partial charge in [0.25, 0.3) is 0 Å². The van der Waals surface area contributed by atoms with E-state index in [-0.39, 0.29) is 0 Å². The van der Waals surface area contributed by atoms with Crippen LogP contribution in [0.4, 0.5) is 0 Å². The Labute approximate surface area is 332 Å². The lowest BCUT2D eigenvalue weighted by molar-refractivity contribution is 0.668. The highest BCUT2D eigenvalue weighted by molar-refractivity contribution is 6.24. The fraction of sp³-hybridized carbons (Fsp3) is 0.0192. The molecule has 8 aromatic carbocycles. The smallest absolute Gasteiger partial charge is 0.161 e. The Balaban J connectivity index is 1.07. The predicted molar refractivity (Wildman–Crippen MR) is 238 cm³/mol. The zero-order chi connectivity index (χ0) is 38.6.